The van der Waals surface area contributed by atoms with Crippen molar-refractivity contribution < 1.29 is 45.5 Å². The van der Waals surface area contributed by atoms with Gasteiger partial charge in [-0.2, -0.15) is 42.0 Å². The Hall–Kier alpha value is -2.56. The van der Waals surface area contributed by atoms with Gasteiger partial charge in [0.1, 0.15) is 0 Å². The molecule has 304 valence electrons. The summed E-state index contributed by atoms with van der Waals surface area (Å²) in [5.74, 6) is 0. The molecule has 0 fully saturated rings. The monoisotopic (exact) mass is 790 g/mol. The summed E-state index contributed by atoms with van der Waals surface area (Å²) in [5, 5.41) is 3.24. The van der Waals surface area contributed by atoms with Crippen LogP contribution in [0.3, 0.4) is 0 Å². The molecule has 0 amide bonds. The van der Waals surface area contributed by atoms with E-state index in [4.69, 9.17) is 34.2 Å². The Kier molecular flexibility index (Phi) is 34.2. The number of ether oxygens (including phenoxy) is 6. The van der Waals surface area contributed by atoms with Crippen molar-refractivity contribution in [3.8, 4) is 0 Å². The summed E-state index contributed by atoms with van der Waals surface area (Å²) >= 11 is 0. The van der Waals surface area contributed by atoms with E-state index in [-0.39, 0.29) is 17.1 Å². The summed E-state index contributed by atoms with van der Waals surface area (Å²) in [6.07, 6.45) is 15.0. The number of nitrogens with two attached hydrogens (primary N) is 1. The minimum atomic E-state index is 0. The molecule has 0 saturated carbocycles. The first-order chi connectivity index (χ1) is 26.2. The molecule has 8 nitrogen and oxygen atoms in total. The van der Waals surface area contributed by atoms with Crippen LogP contribution in [0.15, 0.2) is 85.5 Å². The Morgan fingerprint density at radius 1 is 0.704 bits per heavy atom. The molecule has 0 aromatic heterocycles. The topological polar surface area (TPSA) is 93.4 Å². The van der Waals surface area contributed by atoms with Gasteiger partial charge in [-0.25, -0.2) is 6.07 Å². The summed E-state index contributed by atoms with van der Waals surface area (Å²) in [4.78, 5) is 0. The van der Waals surface area contributed by atoms with Gasteiger partial charge in [0.2, 0.25) is 0 Å². The van der Waals surface area contributed by atoms with Crippen LogP contribution in [0.5, 0.6) is 0 Å². The Labute approximate surface area is 338 Å². The second kappa shape index (κ2) is 37.4. The number of benzene rings is 1. The molecule has 3 aromatic carbocycles. The van der Waals surface area contributed by atoms with Crippen LogP contribution in [0.4, 0.5) is 0 Å². The van der Waals surface area contributed by atoms with Crippen molar-refractivity contribution in [3.05, 3.63) is 108 Å². The van der Waals surface area contributed by atoms with Gasteiger partial charge in [0, 0.05) is 33.0 Å². The van der Waals surface area contributed by atoms with Crippen LogP contribution in [-0.4, -0.2) is 85.8 Å². The van der Waals surface area contributed by atoms with Gasteiger partial charge in [0.25, 0.3) is 0 Å². The van der Waals surface area contributed by atoms with E-state index in [2.05, 4.69) is 91.6 Å². The molecule has 0 bridgehead atoms. The van der Waals surface area contributed by atoms with Gasteiger partial charge < -0.3 is 39.5 Å². The average Bonchev–Trinajstić information content (AvgIpc) is 3.92. The van der Waals surface area contributed by atoms with E-state index in [1.54, 1.807) is 0 Å². The molecule has 3 N–H and O–H groups in total. The maximum absolute atomic E-state index is 5.79. The first-order valence-electron chi connectivity index (χ1n) is 20.0. The fourth-order valence-electron chi connectivity index (χ4n) is 5.21. The van der Waals surface area contributed by atoms with E-state index in [1.165, 1.54) is 28.7 Å². The van der Waals surface area contributed by atoms with Crippen LogP contribution in [-0.2, 0) is 58.5 Å². The summed E-state index contributed by atoms with van der Waals surface area (Å²) in [6.45, 7) is 16.0. The third kappa shape index (κ3) is 28.8. The molecule has 0 unspecified atom stereocenters. The van der Waals surface area contributed by atoms with Crippen molar-refractivity contribution in [1.29, 1.82) is 0 Å². The normalized spacial score (nSPS) is 11.0. The first-order valence-corrected chi connectivity index (χ1v) is 20.0. The van der Waals surface area contributed by atoms with Crippen molar-refractivity contribution in [3.63, 3.8) is 0 Å². The molecular formula is C45H70FeN2O6. The van der Waals surface area contributed by atoms with E-state index in [9.17, 15) is 0 Å². The molecule has 54 heavy (non-hydrogen) atoms. The fraction of sp³-hybridized carbons (Fsp3) is 0.556. The molecule has 0 aliphatic rings. The van der Waals surface area contributed by atoms with Gasteiger partial charge in [-0.1, -0.05) is 50.1 Å². The molecule has 0 atom stereocenters. The third-order valence-corrected chi connectivity index (χ3v) is 8.23. The van der Waals surface area contributed by atoms with Gasteiger partial charge in [-0.3, -0.25) is 0 Å². The average molecular weight is 791 g/mol. The zero-order valence-electron chi connectivity index (χ0n) is 33.1. The number of hydrogen-bond acceptors (Lipinski definition) is 8. The van der Waals surface area contributed by atoms with Crippen LogP contribution in [0.2, 0.25) is 0 Å². The Morgan fingerprint density at radius 3 is 1.98 bits per heavy atom. The van der Waals surface area contributed by atoms with Gasteiger partial charge in [-0.15, -0.1) is 18.2 Å². The number of nitrogens with one attached hydrogen (secondary N) is 1. The van der Waals surface area contributed by atoms with E-state index in [1.807, 2.05) is 12.1 Å². The van der Waals surface area contributed by atoms with Crippen molar-refractivity contribution in [2.24, 2.45) is 5.73 Å². The number of rotatable bonds is 34. The minimum absolute atomic E-state index is 0. The predicted molar refractivity (Wildman–Crippen MR) is 220 cm³/mol. The standard InChI is InChI=1S/C35H56NO6.C10H14N.Fe/c36-19-6-11-24-37-22-10-5-16-34-17-12-18-35(31-34)32-42-30-29-39-21-8-1-7-20-38-25-27-41-28-26-40-23-9-4-15-33-13-2-3-14-33;1-3-8-11-9(2)10-6-4-5-7-10;/h2-3,5,12-14,16-18,31H,1,4,6-11,15,19-30,32,36H2;4-7,11H,2-3,8H2,1H3;/q2*-1;+2/b16-5+;;. The molecule has 0 aliphatic carbocycles. The maximum Gasteiger partial charge on any atom is 2.00 e. The molecule has 0 spiro atoms. The molecular weight excluding hydrogens is 720 g/mol. The molecule has 3 aromatic rings. The number of aryl methyl sites for hydroxylation is 1. The van der Waals surface area contributed by atoms with E-state index in [0.29, 0.717) is 46.2 Å². The van der Waals surface area contributed by atoms with Crippen LogP contribution in [0.25, 0.3) is 11.8 Å². The summed E-state index contributed by atoms with van der Waals surface area (Å²) in [5.41, 5.74) is 11.5. The summed E-state index contributed by atoms with van der Waals surface area (Å²) < 4.78 is 33.9. The van der Waals surface area contributed by atoms with Crippen LogP contribution in [0, 0.1) is 0 Å². The Morgan fingerprint density at radius 2 is 1.35 bits per heavy atom. The molecule has 0 heterocycles. The fourth-order valence-corrected chi connectivity index (χ4v) is 5.21. The third-order valence-electron chi connectivity index (χ3n) is 8.23. The molecule has 0 radical (unpaired) electrons. The minimum Gasteiger partial charge on any atom is -0.424 e. The summed E-state index contributed by atoms with van der Waals surface area (Å²) in [7, 11) is 0. The van der Waals surface area contributed by atoms with Crippen molar-refractivity contribution in [1.82, 2.24) is 5.32 Å². The second-order valence-corrected chi connectivity index (χ2v) is 12.9. The number of unbranched alkanes of at least 4 members (excludes halogenated alkanes) is 4. The van der Waals surface area contributed by atoms with Gasteiger partial charge in [0.15, 0.2) is 0 Å². The van der Waals surface area contributed by atoms with E-state index in [0.717, 1.165) is 110 Å². The van der Waals surface area contributed by atoms with E-state index < -0.39 is 0 Å². The first kappa shape index (κ1) is 49.5. The summed E-state index contributed by atoms with van der Waals surface area (Å²) in [6, 6.07) is 25.1. The zero-order chi connectivity index (χ0) is 37.7. The second-order valence-electron chi connectivity index (χ2n) is 12.9. The van der Waals surface area contributed by atoms with Crippen molar-refractivity contribution in [2.45, 2.75) is 77.7 Å². The van der Waals surface area contributed by atoms with Crippen LogP contribution in [0.1, 0.15) is 87.0 Å². The zero-order valence-corrected chi connectivity index (χ0v) is 34.2. The van der Waals surface area contributed by atoms with Crippen LogP contribution >= 0.6 is 0 Å². The van der Waals surface area contributed by atoms with Crippen molar-refractivity contribution >= 4 is 11.8 Å². The van der Waals surface area contributed by atoms with Gasteiger partial charge in [-0.05, 0) is 80.8 Å². The SMILES string of the molecule is C=C(NCCC)c1ccc[cH-]1.NCCCCOCC/C=C/c1cccc(COCCOCCCCCOCCOCCOCCCCc2cc[cH-]c2)c1.[Fe+2]. The Bertz CT molecular complexity index is 1230. The van der Waals surface area contributed by atoms with E-state index >= 15 is 0 Å². The maximum atomic E-state index is 5.79. The predicted octanol–water partition coefficient (Wildman–Crippen LogP) is 8.71. The quantitative estimate of drug-likeness (QED) is 0.0353. The Balaban J connectivity index is 0.00000104. The molecule has 0 aliphatic heterocycles. The molecule has 9 heteroatoms. The van der Waals surface area contributed by atoms with Gasteiger partial charge >= 0.3 is 17.1 Å². The smallest absolute Gasteiger partial charge is 0.424 e. The van der Waals surface area contributed by atoms with Crippen LogP contribution < -0.4 is 11.1 Å². The molecule has 0 saturated heterocycles. The van der Waals surface area contributed by atoms with Crippen molar-refractivity contribution in [2.75, 3.05) is 85.8 Å². The number of hydrogen-bond donors (Lipinski definition) is 2. The molecule has 3 rings (SSSR count). The van der Waals surface area contributed by atoms with Gasteiger partial charge in [0.05, 0.1) is 52.9 Å². The largest absolute Gasteiger partial charge is 2.00 e.